The number of fused-ring (bicyclic) bond motifs is 7. The summed E-state index contributed by atoms with van der Waals surface area (Å²) in [5.41, 5.74) is 3.92. The molecule has 0 amide bonds. The van der Waals surface area contributed by atoms with E-state index in [9.17, 15) is 0 Å². The molecule has 0 atom stereocenters. The van der Waals surface area contributed by atoms with Crippen molar-refractivity contribution in [3.05, 3.63) is 48.3 Å². The Balaban J connectivity index is 1.96. The van der Waals surface area contributed by atoms with Crippen LogP contribution in [0, 0.1) is 0 Å². The summed E-state index contributed by atoms with van der Waals surface area (Å²) in [5, 5.41) is 0.884. The third kappa shape index (κ3) is 1.04. The number of hydrogen-bond acceptors (Lipinski definition) is 2. The first kappa shape index (κ1) is 7.85. The molecular weight excluding hydrogens is 250 g/mol. The van der Waals surface area contributed by atoms with Crippen molar-refractivity contribution in [1.29, 1.82) is 0 Å². The van der Waals surface area contributed by atoms with E-state index in [1.54, 1.807) is 12.4 Å². The average Bonchev–Trinajstić information content (AvgIpc) is 3.12. The number of para-hydroxylation sites is 1. The number of nitrogens with zero attached hydrogens (tertiary/aromatic N) is 3. The Hall–Kier alpha value is -2.62. The first-order valence-corrected chi connectivity index (χ1v) is 6.45. The minimum Gasteiger partial charge on any atom is -0.380 e. The Morgan fingerprint density at radius 1 is 1.35 bits per heavy atom. The van der Waals surface area contributed by atoms with E-state index >= 15 is 0 Å². The number of aromatic nitrogens is 3. The van der Waals surface area contributed by atoms with Crippen LogP contribution in [0.4, 0.5) is 0 Å². The minimum atomic E-state index is -2.30. The van der Waals surface area contributed by atoms with Crippen molar-refractivity contribution >= 4 is 22.1 Å². The fourth-order valence-electron chi connectivity index (χ4n) is 3.08. The molecule has 4 heteroatoms. The lowest BCUT2D eigenvalue weighted by Crippen LogP contribution is -2.30. The minimum absolute atomic E-state index is 0.385. The molecule has 96 valence electrons. The Kier molecular flexibility index (Phi) is 1.29. The fourth-order valence-corrected chi connectivity index (χ4v) is 3.08. The van der Waals surface area contributed by atoms with Gasteiger partial charge in [-0.3, -0.25) is 4.98 Å². The molecule has 0 saturated carbocycles. The Labute approximate surface area is 119 Å². The van der Waals surface area contributed by atoms with Gasteiger partial charge in [0.15, 0.2) is 6.54 Å². The van der Waals surface area contributed by atoms with Crippen LogP contribution in [0.25, 0.3) is 33.6 Å². The van der Waals surface area contributed by atoms with Crippen LogP contribution >= 0.6 is 0 Å². The molecule has 0 fully saturated rings. The zero-order valence-corrected chi connectivity index (χ0v) is 10.5. The van der Waals surface area contributed by atoms with Gasteiger partial charge in [0.2, 0.25) is 0 Å². The van der Waals surface area contributed by atoms with Gasteiger partial charge < -0.3 is 8.98 Å². The molecule has 0 N–H and O–H groups in total. The van der Waals surface area contributed by atoms with E-state index in [1.807, 2.05) is 34.9 Å². The third-order valence-electron chi connectivity index (χ3n) is 3.98. The van der Waals surface area contributed by atoms with Gasteiger partial charge in [-0.25, -0.2) is 0 Å². The summed E-state index contributed by atoms with van der Waals surface area (Å²) in [6, 6.07) is 9.46. The van der Waals surface area contributed by atoms with E-state index in [-0.39, 0.29) is 0 Å². The fraction of sp³-hybridized carbons (Fsp3) is 0.125. The molecule has 1 aliphatic heterocycles. The maximum atomic E-state index is 7.87. The van der Waals surface area contributed by atoms with Gasteiger partial charge in [-0.2, -0.15) is 0 Å². The van der Waals surface area contributed by atoms with E-state index in [0.717, 1.165) is 22.0 Å². The van der Waals surface area contributed by atoms with Crippen molar-refractivity contribution in [3.8, 4) is 11.5 Å². The predicted octanol–water partition coefficient (Wildman–Crippen LogP) is 2.64. The summed E-state index contributed by atoms with van der Waals surface area (Å²) in [4.78, 5) is 4.15. The second-order valence-electron chi connectivity index (χ2n) is 5.03. The lowest BCUT2D eigenvalue weighted by Gasteiger charge is -1.93. The normalized spacial score (nSPS) is 15.9. The Morgan fingerprint density at radius 3 is 3.25 bits per heavy atom. The lowest BCUT2D eigenvalue weighted by molar-refractivity contribution is -0.648. The number of rotatable bonds is 0. The number of oxazole rings is 1. The van der Waals surface area contributed by atoms with E-state index in [4.69, 9.17) is 8.53 Å². The molecule has 4 heterocycles. The summed E-state index contributed by atoms with van der Waals surface area (Å²) >= 11 is 0. The first-order chi connectivity index (χ1) is 11.1. The number of hydrogen-bond donors (Lipinski definition) is 0. The molecule has 1 aliphatic rings. The highest BCUT2D eigenvalue weighted by molar-refractivity contribution is 6.02. The van der Waals surface area contributed by atoms with Crippen molar-refractivity contribution in [3.63, 3.8) is 0 Å². The molecule has 4 nitrogen and oxygen atoms in total. The Bertz CT molecular complexity index is 1090. The van der Waals surface area contributed by atoms with Gasteiger partial charge in [0, 0.05) is 29.0 Å². The lowest BCUT2D eigenvalue weighted by atomic mass is 10.2. The predicted molar refractivity (Wildman–Crippen MR) is 75.2 cm³/mol. The van der Waals surface area contributed by atoms with Crippen LogP contribution in [0.3, 0.4) is 0 Å². The molecule has 0 bridgehead atoms. The number of benzene rings is 1. The van der Waals surface area contributed by atoms with Crippen molar-refractivity contribution in [2.75, 3.05) is 0 Å². The van der Waals surface area contributed by atoms with Gasteiger partial charge in [-0.15, -0.1) is 4.57 Å². The van der Waals surface area contributed by atoms with E-state index in [2.05, 4.69) is 4.98 Å². The van der Waals surface area contributed by atoms with E-state index in [0.29, 0.717) is 23.7 Å². The van der Waals surface area contributed by atoms with E-state index in [1.165, 1.54) is 4.57 Å². The van der Waals surface area contributed by atoms with Crippen molar-refractivity contribution in [2.45, 2.75) is 6.54 Å². The third-order valence-corrected chi connectivity index (χ3v) is 3.98. The van der Waals surface area contributed by atoms with Crippen LogP contribution in [0.5, 0.6) is 0 Å². The highest BCUT2D eigenvalue weighted by atomic mass is 16.4. The van der Waals surface area contributed by atoms with Crippen molar-refractivity contribution in [1.82, 2.24) is 9.55 Å². The van der Waals surface area contributed by atoms with Gasteiger partial charge in [0.05, 0.1) is 10.9 Å². The van der Waals surface area contributed by atoms with Gasteiger partial charge in [0.1, 0.15) is 5.56 Å². The summed E-state index contributed by atoms with van der Waals surface area (Å²) in [7, 11) is 0. The zero-order valence-electron chi connectivity index (χ0n) is 13.5. The summed E-state index contributed by atoms with van der Waals surface area (Å²) in [6.07, 6.45) is 3.52. The maximum Gasteiger partial charge on any atom is 0.385 e. The highest BCUT2D eigenvalue weighted by Gasteiger charge is 2.36. The molecule has 0 unspecified atom stereocenters. The van der Waals surface area contributed by atoms with Crippen LogP contribution in [0.15, 0.2) is 47.1 Å². The van der Waals surface area contributed by atoms with Gasteiger partial charge in [0.25, 0.3) is 11.2 Å². The highest BCUT2D eigenvalue weighted by Crippen LogP contribution is 2.34. The molecule has 0 spiro atoms. The SMILES string of the molecule is [2H]C([2H])([2H])n1c2ccccc2c2c1oc1[n+]2Cc2ccncc2-1. The summed E-state index contributed by atoms with van der Waals surface area (Å²) in [6.45, 7) is -1.64. The molecule has 4 aromatic rings. The van der Waals surface area contributed by atoms with Crippen molar-refractivity contribution in [2.24, 2.45) is 6.98 Å². The molecule has 1 aromatic carbocycles. The Morgan fingerprint density at radius 2 is 2.30 bits per heavy atom. The first-order valence-electron chi connectivity index (χ1n) is 7.95. The second-order valence-corrected chi connectivity index (χ2v) is 5.03. The molecule has 0 aliphatic carbocycles. The van der Waals surface area contributed by atoms with Crippen LogP contribution in [-0.4, -0.2) is 9.55 Å². The molecule has 20 heavy (non-hydrogen) atoms. The molecule has 0 radical (unpaired) electrons. The largest absolute Gasteiger partial charge is 0.385 e. The quantitative estimate of drug-likeness (QED) is 0.403. The average molecular weight is 265 g/mol. The van der Waals surface area contributed by atoms with Gasteiger partial charge in [-0.1, -0.05) is 12.1 Å². The zero-order chi connectivity index (χ0) is 15.8. The van der Waals surface area contributed by atoms with Gasteiger partial charge in [-0.05, 0) is 18.2 Å². The van der Waals surface area contributed by atoms with E-state index < -0.39 is 6.98 Å². The summed E-state index contributed by atoms with van der Waals surface area (Å²) < 4.78 is 32.9. The molecule has 3 aromatic heterocycles. The van der Waals surface area contributed by atoms with Crippen LogP contribution in [0.1, 0.15) is 9.68 Å². The second kappa shape index (κ2) is 3.28. The standard InChI is InChI=1S/C16H12N3O/c1-18-13-5-3-2-4-11(13)14-16(18)20-15-12-8-17-7-6-10(12)9-19(14)15/h2-8H,9H2,1H3/q+1/i1D3. The van der Waals surface area contributed by atoms with Crippen LogP contribution in [-0.2, 0) is 13.5 Å². The molecule has 5 rings (SSSR count). The van der Waals surface area contributed by atoms with Crippen molar-refractivity contribution < 1.29 is 13.1 Å². The topological polar surface area (TPSA) is 34.8 Å². The van der Waals surface area contributed by atoms with Gasteiger partial charge >= 0.3 is 5.89 Å². The number of aryl methyl sites for hydroxylation is 1. The maximum absolute atomic E-state index is 7.87. The smallest absolute Gasteiger partial charge is 0.380 e. The number of pyridine rings is 1. The summed E-state index contributed by atoms with van der Waals surface area (Å²) in [5.74, 6) is 0.668. The van der Waals surface area contributed by atoms with Crippen LogP contribution < -0.4 is 4.57 Å². The molecular formula is C16H12N3O+. The van der Waals surface area contributed by atoms with Crippen LogP contribution in [0.2, 0.25) is 0 Å². The monoisotopic (exact) mass is 265 g/mol. The molecule has 0 saturated heterocycles.